The van der Waals surface area contributed by atoms with Gasteiger partial charge >= 0.3 is 0 Å². The minimum absolute atomic E-state index is 0.0125. The maximum atomic E-state index is 11.0. The number of halogens is 1. The molecule has 0 amide bonds. The molecule has 4 aromatic rings. The zero-order chi connectivity index (χ0) is 21.1. The highest BCUT2D eigenvalue weighted by molar-refractivity contribution is 9.10. The van der Waals surface area contributed by atoms with Crippen molar-refractivity contribution in [2.75, 3.05) is 6.61 Å². The first kappa shape index (κ1) is 18.5. The number of ether oxygens (including phenoxy) is 1. The monoisotopic (exact) mass is 493 g/mol. The van der Waals surface area contributed by atoms with E-state index in [1.807, 2.05) is 24.3 Å². The van der Waals surface area contributed by atoms with Gasteiger partial charge in [0.25, 0.3) is 5.69 Å². The summed E-state index contributed by atoms with van der Waals surface area (Å²) in [5.74, 6) is 1.36. The summed E-state index contributed by atoms with van der Waals surface area (Å²) >= 11 is 5.16. The molecule has 3 aromatic carbocycles. The number of hydrogen-bond acceptors (Lipinski definition) is 7. The first-order valence-corrected chi connectivity index (χ1v) is 11.1. The SMILES string of the molecule is O=[N+]([O-])c1ccc(-c2nnc3n2N=C2c4ccc5c(Br)cccc5c4OCC2S3)cc1. The van der Waals surface area contributed by atoms with Crippen molar-refractivity contribution in [2.45, 2.75) is 10.4 Å². The molecule has 152 valence electrons. The maximum absolute atomic E-state index is 11.0. The Hall–Kier alpha value is -3.24. The quantitative estimate of drug-likeness (QED) is 0.291. The van der Waals surface area contributed by atoms with Crippen LogP contribution in [0.15, 0.2) is 69.3 Å². The molecule has 6 rings (SSSR count). The predicted octanol–water partition coefficient (Wildman–Crippen LogP) is 4.89. The van der Waals surface area contributed by atoms with E-state index >= 15 is 0 Å². The number of aromatic nitrogens is 3. The fourth-order valence-electron chi connectivity index (χ4n) is 3.84. The molecule has 31 heavy (non-hydrogen) atoms. The summed E-state index contributed by atoms with van der Waals surface area (Å²) < 4.78 is 8.88. The van der Waals surface area contributed by atoms with Gasteiger partial charge in [-0.25, -0.2) is 0 Å². The van der Waals surface area contributed by atoms with E-state index in [4.69, 9.17) is 9.84 Å². The van der Waals surface area contributed by atoms with Gasteiger partial charge < -0.3 is 4.74 Å². The molecular formula is C21H12BrN5O3S. The number of non-ortho nitro benzene ring substituents is 1. The molecule has 0 N–H and O–H groups in total. The molecule has 0 aliphatic carbocycles. The lowest BCUT2D eigenvalue weighted by molar-refractivity contribution is -0.384. The fourth-order valence-corrected chi connectivity index (χ4v) is 5.33. The van der Waals surface area contributed by atoms with Crippen molar-refractivity contribution in [1.29, 1.82) is 0 Å². The second kappa shape index (κ2) is 6.89. The fraction of sp³-hybridized carbons (Fsp3) is 0.0952. The molecule has 0 saturated heterocycles. The third-order valence-corrected chi connectivity index (χ3v) is 7.12. The van der Waals surface area contributed by atoms with Crippen LogP contribution in [0.1, 0.15) is 5.56 Å². The van der Waals surface area contributed by atoms with Crippen LogP contribution in [0.25, 0.3) is 22.2 Å². The van der Waals surface area contributed by atoms with Gasteiger partial charge in [-0.1, -0.05) is 45.9 Å². The molecule has 0 bridgehead atoms. The smallest absolute Gasteiger partial charge is 0.269 e. The second-order valence-electron chi connectivity index (χ2n) is 7.10. The van der Waals surface area contributed by atoms with E-state index in [2.05, 4.69) is 32.2 Å². The van der Waals surface area contributed by atoms with E-state index < -0.39 is 4.92 Å². The van der Waals surface area contributed by atoms with Crippen LogP contribution in [0.5, 0.6) is 5.75 Å². The summed E-state index contributed by atoms with van der Waals surface area (Å²) in [5.41, 5.74) is 2.59. The highest BCUT2D eigenvalue weighted by Crippen LogP contribution is 2.42. The molecule has 2 aliphatic heterocycles. The van der Waals surface area contributed by atoms with E-state index in [1.54, 1.807) is 28.6 Å². The molecule has 10 heteroatoms. The van der Waals surface area contributed by atoms with Gasteiger partial charge in [0, 0.05) is 33.1 Å². The van der Waals surface area contributed by atoms with Crippen molar-refractivity contribution in [3.05, 3.63) is 74.7 Å². The number of nitrogens with zero attached hydrogens (tertiary/aromatic N) is 5. The Morgan fingerprint density at radius 3 is 2.74 bits per heavy atom. The van der Waals surface area contributed by atoms with Gasteiger partial charge in [-0.15, -0.1) is 10.2 Å². The Balaban J connectivity index is 1.49. The highest BCUT2D eigenvalue weighted by Gasteiger charge is 2.35. The van der Waals surface area contributed by atoms with Crippen LogP contribution in [0, 0.1) is 10.1 Å². The molecule has 3 heterocycles. The standard InChI is InChI=1S/C21H12BrN5O3S/c22-16-3-1-2-14-13(16)8-9-15-18-17(10-30-19(14)15)31-21-24-23-20(26(21)25-18)11-4-6-12(7-5-11)27(28)29/h1-9,17H,10H2. The van der Waals surface area contributed by atoms with E-state index in [9.17, 15) is 10.1 Å². The average molecular weight is 494 g/mol. The van der Waals surface area contributed by atoms with Crippen LogP contribution in [0.4, 0.5) is 5.69 Å². The van der Waals surface area contributed by atoms with Gasteiger partial charge in [-0.2, -0.15) is 9.78 Å². The Kier molecular flexibility index (Phi) is 4.12. The van der Waals surface area contributed by atoms with Crippen LogP contribution in [0.3, 0.4) is 0 Å². The van der Waals surface area contributed by atoms with Crippen molar-refractivity contribution in [3.8, 4) is 17.1 Å². The summed E-state index contributed by atoms with van der Waals surface area (Å²) in [6, 6.07) is 16.4. The number of nitro groups is 1. The number of benzene rings is 3. The van der Waals surface area contributed by atoms with Crippen molar-refractivity contribution >= 4 is 49.9 Å². The molecule has 1 aromatic heterocycles. The van der Waals surface area contributed by atoms with Gasteiger partial charge in [-0.3, -0.25) is 10.1 Å². The first-order chi connectivity index (χ1) is 15.1. The van der Waals surface area contributed by atoms with Gasteiger partial charge in [0.2, 0.25) is 5.16 Å². The second-order valence-corrected chi connectivity index (χ2v) is 9.13. The van der Waals surface area contributed by atoms with Crippen molar-refractivity contribution < 1.29 is 9.66 Å². The minimum Gasteiger partial charge on any atom is -0.491 e. The number of fused-ring (bicyclic) bond motifs is 6. The average Bonchev–Trinajstić information content (AvgIpc) is 3.20. The molecule has 8 nitrogen and oxygen atoms in total. The van der Waals surface area contributed by atoms with Crippen LogP contribution in [-0.4, -0.2) is 37.4 Å². The topological polar surface area (TPSA) is 95.4 Å². The van der Waals surface area contributed by atoms with E-state index in [1.165, 1.54) is 12.1 Å². The van der Waals surface area contributed by atoms with Gasteiger partial charge in [0.1, 0.15) is 12.4 Å². The third kappa shape index (κ3) is 2.86. The first-order valence-electron chi connectivity index (χ1n) is 9.40. The van der Waals surface area contributed by atoms with Crippen LogP contribution >= 0.6 is 27.7 Å². The van der Waals surface area contributed by atoms with Crippen molar-refractivity contribution in [3.63, 3.8) is 0 Å². The summed E-state index contributed by atoms with van der Waals surface area (Å²) in [7, 11) is 0. The molecule has 1 atom stereocenters. The molecule has 0 saturated carbocycles. The molecule has 0 radical (unpaired) electrons. The zero-order valence-corrected chi connectivity index (χ0v) is 18.1. The number of hydrogen-bond donors (Lipinski definition) is 0. The van der Waals surface area contributed by atoms with E-state index in [-0.39, 0.29) is 10.9 Å². The lowest BCUT2D eigenvalue weighted by Crippen LogP contribution is -2.34. The molecule has 0 fully saturated rings. The molecule has 2 aliphatic rings. The Morgan fingerprint density at radius 2 is 1.94 bits per heavy atom. The third-order valence-electron chi connectivity index (χ3n) is 5.32. The summed E-state index contributed by atoms with van der Waals surface area (Å²) in [6.07, 6.45) is 0. The summed E-state index contributed by atoms with van der Waals surface area (Å²) in [6.45, 7) is 0.488. The Labute approximate surface area is 188 Å². The normalized spacial score (nSPS) is 16.7. The van der Waals surface area contributed by atoms with Crippen LogP contribution in [0.2, 0.25) is 0 Å². The Bertz CT molecular complexity index is 1420. The van der Waals surface area contributed by atoms with Gasteiger partial charge in [0.15, 0.2) is 5.82 Å². The maximum Gasteiger partial charge on any atom is 0.269 e. The Morgan fingerprint density at radius 1 is 1.10 bits per heavy atom. The predicted molar refractivity (Wildman–Crippen MR) is 121 cm³/mol. The number of rotatable bonds is 2. The van der Waals surface area contributed by atoms with Crippen LogP contribution in [-0.2, 0) is 0 Å². The van der Waals surface area contributed by atoms with Gasteiger partial charge in [-0.05, 0) is 29.7 Å². The molecule has 0 spiro atoms. The largest absolute Gasteiger partial charge is 0.491 e. The summed E-state index contributed by atoms with van der Waals surface area (Å²) in [4.78, 5) is 10.5. The summed E-state index contributed by atoms with van der Waals surface area (Å²) in [5, 5.41) is 27.2. The number of thioether (sulfide) groups is 1. The zero-order valence-electron chi connectivity index (χ0n) is 15.7. The van der Waals surface area contributed by atoms with Crippen LogP contribution < -0.4 is 4.74 Å². The minimum atomic E-state index is -0.425. The van der Waals surface area contributed by atoms with Gasteiger partial charge in [0.05, 0.1) is 15.9 Å². The molecular weight excluding hydrogens is 482 g/mol. The highest BCUT2D eigenvalue weighted by atomic mass is 79.9. The van der Waals surface area contributed by atoms with Crippen molar-refractivity contribution in [2.24, 2.45) is 5.10 Å². The van der Waals surface area contributed by atoms with E-state index in [0.717, 1.165) is 32.3 Å². The lowest BCUT2D eigenvalue weighted by atomic mass is 9.98. The van der Waals surface area contributed by atoms with Crippen molar-refractivity contribution in [1.82, 2.24) is 14.9 Å². The lowest BCUT2D eigenvalue weighted by Gasteiger charge is -2.29. The van der Waals surface area contributed by atoms with E-state index in [0.29, 0.717) is 23.2 Å². The number of nitro benzene ring substituents is 1. The molecule has 1 unspecified atom stereocenters.